The Balaban J connectivity index is 3.59. The van der Waals surface area contributed by atoms with Crippen LogP contribution < -0.4 is 0 Å². The maximum Gasteiger partial charge on any atom is 0.000506 e. The van der Waals surface area contributed by atoms with Gasteiger partial charge in [-0.15, -0.1) is 0 Å². The van der Waals surface area contributed by atoms with E-state index in [1.807, 2.05) is 0 Å². The molecule has 0 atom stereocenters. The van der Waals surface area contributed by atoms with Gasteiger partial charge in [-0.1, -0.05) is 129 Å². The van der Waals surface area contributed by atoms with Crippen LogP contribution in [0.15, 0.2) is 30.3 Å². The van der Waals surface area contributed by atoms with Crippen molar-refractivity contribution >= 4 is 22.5 Å². The second-order valence-electron chi connectivity index (χ2n) is 11.3. The summed E-state index contributed by atoms with van der Waals surface area (Å²) in [6.45, 7) is 30.0. The Morgan fingerprint density at radius 2 is 0.846 bits per heavy atom. The van der Waals surface area contributed by atoms with Crippen LogP contribution in [0, 0.1) is 0 Å². The average molecular weight is 413 g/mol. The van der Waals surface area contributed by atoms with Gasteiger partial charge < -0.3 is 0 Å². The summed E-state index contributed by atoms with van der Waals surface area (Å²) in [7, 11) is -0.295. The van der Waals surface area contributed by atoms with Gasteiger partial charge in [-0.3, -0.25) is 0 Å². The Bertz CT molecular complexity index is 490. The van der Waals surface area contributed by atoms with E-state index in [1.165, 1.54) is 6.16 Å². The molecule has 0 unspecified atom stereocenters. The number of hydrogen-bond acceptors (Lipinski definition) is 0. The molecule has 1 rings (SSSR count). The first-order chi connectivity index (χ1) is 11.5. The van der Waals surface area contributed by atoms with E-state index < -0.39 is 0 Å². The molecule has 0 aromatic heterocycles. The van der Waals surface area contributed by atoms with Gasteiger partial charge in [0.2, 0.25) is 0 Å². The fourth-order valence-corrected chi connectivity index (χ4v) is 34.1. The average Bonchev–Trinajstić information content (AvgIpc) is 2.32. The van der Waals surface area contributed by atoms with Crippen molar-refractivity contribution in [1.82, 2.24) is 0 Å². The summed E-state index contributed by atoms with van der Waals surface area (Å²) in [6, 6.07) is 11.3. The highest BCUT2D eigenvalue weighted by Gasteiger charge is 2.49. The molecule has 0 N–H and O–H groups in total. The zero-order valence-corrected chi connectivity index (χ0v) is 22.1. The van der Waals surface area contributed by atoms with Crippen molar-refractivity contribution < 1.29 is 0 Å². The van der Waals surface area contributed by atoms with Crippen LogP contribution in [-0.2, 0) is 6.16 Å². The van der Waals surface area contributed by atoms with E-state index in [-0.39, 0.29) is 22.5 Å². The summed E-state index contributed by atoms with van der Waals surface area (Å²) in [4.78, 5) is 0. The summed E-state index contributed by atoms with van der Waals surface area (Å²) in [5.41, 5.74) is 1.54. The molecule has 1 aromatic rings. The third-order valence-corrected chi connectivity index (χ3v) is 24.9. The van der Waals surface area contributed by atoms with E-state index in [9.17, 15) is 0 Å². The molecule has 26 heavy (non-hydrogen) atoms. The predicted octanol–water partition coefficient (Wildman–Crippen LogP) is 9.66. The van der Waals surface area contributed by atoms with Crippen molar-refractivity contribution in [1.29, 1.82) is 0 Å². The third kappa shape index (κ3) is 6.84. The lowest BCUT2D eigenvalue weighted by Crippen LogP contribution is -2.28. The minimum atomic E-state index is -0.104. The molecular formula is C23H43P3. The SMILES string of the molecule is CC(C)(C)P(P(Cc1ccccc1)P(C(C)(C)C)C(C)(C)C)C(C)(C)C. The van der Waals surface area contributed by atoms with Crippen LogP contribution in [0.2, 0.25) is 0 Å². The molecule has 0 nitrogen and oxygen atoms in total. The van der Waals surface area contributed by atoms with Crippen molar-refractivity contribution in [2.45, 2.75) is 110 Å². The zero-order valence-electron chi connectivity index (χ0n) is 19.4. The molecule has 0 fully saturated rings. The number of rotatable bonds is 4. The van der Waals surface area contributed by atoms with Crippen LogP contribution in [0.5, 0.6) is 0 Å². The lowest BCUT2D eigenvalue weighted by molar-refractivity contribution is 0.715. The van der Waals surface area contributed by atoms with Gasteiger partial charge in [0.1, 0.15) is 0 Å². The van der Waals surface area contributed by atoms with E-state index in [0.717, 1.165) is 0 Å². The van der Waals surface area contributed by atoms with Gasteiger partial charge in [0.05, 0.1) is 0 Å². The van der Waals surface area contributed by atoms with E-state index in [1.54, 1.807) is 5.56 Å². The van der Waals surface area contributed by atoms with E-state index in [4.69, 9.17) is 0 Å². The smallest absolute Gasteiger partial charge is 0.000506 e. The summed E-state index contributed by atoms with van der Waals surface area (Å²) in [5, 5.41) is 1.52. The highest BCUT2D eigenvalue weighted by molar-refractivity contribution is 8.61. The standard InChI is InChI=1S/C23H43P3/c1-20(2,3)25(21(4,5)6)24(18-19-16-14-13-15-17-19)26(22(7,8)9)23(10,11)12/h13-17H,18H2,1-12H3. The maximum absolute atomic E-state index is 2.50. The highest BCUT2D eigenvalue weighted by Crippen LogP contribution is 2.98. The second kappa shape index (κ2) is 8.48. The largest absolute Gasteiger partial charge is 0.0651 e. The Hall–Kier alpha value is 0.510. The van der Waals surface area contributed by atoms with Crippen LogP contribution in [0.1, 0.15) is 88.6 Å². The van der Waals surface area contributed by atoms with Crippen molar-refractivity contribution in [3.8, 4) is 0 Å². The molecule has 0 bridgehead atoms. The Morgan fingerprint density at radius 1 is 0.538 bits per heavy atom. The lowest BCUT2D eigenvalue weighted by atomic mass is 10.2. The summed E-state index contributed by atoms with van der Waals surface area (Å²) in [6.07, 6.45) is 1.29. The zero-order chi connectivity index (χ0) is 20.6. The van der Waals surface area contributed by atoms with E-state index in [0.29, 0.717) is 20.6 Å². The van der Waals surface area contributed by atoms with E-state index in [2.05, 4.69) is 113 Å². The first-order valence-corrected chi connectivity index (χ1v) is 15.5. The molecular weight excluding hydrogens is 369 g/mol. The Morgan fingerprint density at radius 3 is 1.12 bits per heavy atom. The summed E-state index contributed by atoms with van der Waals surface area (Å²) in [5.74, 6) is 0. The first-order valence-electron chi connectivity index (χ1n) is 9.87. The fourth-order valence-electron chi connectivity index (χ4n) is 4.38. The number of benzene rings is 1. The first kappa shape index (κ1) is 24.5. The monoisotopic (exact) mass is 412 g/mol. The molecule has 0 spiro atoms. The van der Waals surface area contributed by atoms with Crippen LogP contribution in [0.4, 0.5) is 0 Å². The van der Waals surface area contributed by atoms with Gasteiger partial charge >= 0.3 is 0 Å². The Labute approximate surface area is 168 Å². The van der Waals surface area contributed by atoms with Gasteiger partial charge in [0.15, 0.2) is 0 Å². The van der Waals surface area contributed by atoms with Gasteiger partial charge in [-0.2, -0.15) is 0 Å². The molecule has 0 amide bonds. The van der Waals surface area contributed by atoms with Crippen LogP contribution in [0.25, 0.3) is 0 Å². The molecule has 0 saturated heterocycles. The van der Waals surface area contributed by atoms with Crippen molar-refractivity contribution in [3.05, 3.63) is 35.9 Å². The highest BCUT2D eigenvalue weighted by atomic mass is 32.5. The van der Waals surface area contributed by atoms with Gasteiger partial charge in [0.25, 0.3) is 0 Å². The van der Waals surface area contributed by atoms with Crippen molar-refractivity contribution in [3.63, 3.8) is 0 Å². The molecule has 0 aliphatic heterocycles. The predicted molar refractivity (Wildman–Crippen MR) is 130 cm³/mol. The molecule has 150 valence electrons. The number of hydrogen-bond donors (Lipinski definition) is 0. The van der Waals surface area contributed by atoms with Gasteiger partial charge in [-0.05, 0) is 33.5 Å². The van der Waals surface area contributed by atoms with E-state index >= 15 is 0 Å². The van der Waals surface area contributed by atoms with Crippen LogP contribution in [0.3, 0.4) is 0 Å². The molecule has 0 aliphatic carbocycles. The Kier molecular flexibility index (Phi) is 8.01. The summed E-state index contributed by atoms with van der Waals surface area (Å²) < 4.78 is 0. The summed E-state index contributed by atoms with van der Waals surface area (Å²) >= 11 is 0. The van der Waals surface area contributed by atoms with Crippen molar-refractivity contribution in [2.24, 2.45) is 0 Å². The fraction of sp³-hybridized carbons (Fsp3) is 0.739. The van der Waals surface area contributed by atoms with Crippen LogP contribution >= 0.6 is 22.5 Å². The molecule has 3 heteroatoms. The minimum Gasteiger partial charge on any atom is -0.0651 e. The maximum atomic E-state index is 2.50. The second-order valence-corrected chi connectivity index (χ2v) is 25.2. The molecule has 0 saturated carbocycles. The van der Waals surface area contributed by atoms with Gasteiger partial charge in [-0.25, -0.2) is 0 Å². The van der Waals surface area contributed by atoms with Gasteiger partial charge in [0, 0.05) is 6.16 Å². The topological polar surface area (TPSA) is 0 Å². The van der Waals surface area contributed by atoms with Crippen molar-refractivity contribution in [2.75, 3.05) is 0 Å². The lowest BCUT2D eigenvalue weighted by Gasteiger charge is -2.55. The normalized spacial score (nSPS) is 14.6. The molecule has 0 radical (unpaired) electrons. The third-order valence-electron chi connectivity index (χ3n) is 4.17. The quantitative estimate of drug-likeness (QED) is 0.432. The molecule has 1 aromatic carbocycles. The minimum absolute atomic E-state index is 0.0864. The molecule has 0 heterocycles. The van der Waals surface area contributed by atoms with Crippen LogP contribution in [-0.4, -0.2) is 20.6 Å². The molecule has 0 aliphatic rings.